The number of benzene rings is 2. The second-order valence-corrected chi connectivity index (χ2v) is 6.37. The first-order valence-electron chi connectivity index (χ1n) is 7.14. The minimum atomic E-state index is 0.483. The van der Waals surface area contributed by atoms with Crippen LogP contribution in [0.3, 0.4) is 0 Å². The van der Waals surface area contributed by atoms with Crippen LogP contribution in [0.25, 0.3) is 0 Å². The van der Waals surface area contributed by atoms with Crippen molar-refractivity contribution in [3.05, 3.63) is 75.4 Å². The highest BCUT2D eigenvalue weighted by molar-refractivity contribution is 6.39. The Morgan fingerprint density at radius 1 is 0.958 bits per heavy atom. The summed E-state index contributed by atoms with van der Waals surface area (Å²) in [7, 11) is 0. The molecule has 0 aliphatic rings. The van der Waals surface area contributed by atoms with E-state index in [1.54, 1.807) is 36.5 Å². The Bertz CT molecular complexity index is 846. The number of anilines is 2. The van der Waals surface area contributed by atoms with Crippen LogP contribution in [0.2, 0.25) is 15.1 Å². The van der Waals surface area contributed by atoms with E-state index in [9.17, 15) is 0 Å². The van der Waals surface area contributed by atoms with Gasteiger partial charge >= 0.3 is 0 Å². The minimum absolute atomic E-state index is 0.483. The highest BCUT2D eigenvalue weighted by atomic mass is 35.5. The Labute approximate surface area is 155 Å². The standard InChI is InChI=1S/C18H13Cl3N2O/c1-11-9-12(19)5-7-16(11)24-17-8-6-13(10-22-17)23-18-14(20)3-2-4-15(18)21/h2-10,23H,1H3. The number of ether oxygens (including phenoxy) is 1. The van der Waals surface area contributed by atoms with Gasteiger partial charge in [0.25, 0.3) is 0 Å². The van der Waals surface area contributed by atoms with Crippen LogP contribution < -0.4 is 10.1 Å². The van der Waals surface area contributed by atoms with Crippen LogP contribution in [0.4, 0.5) is 11.4 Å². The van der Waals surface area contributed by atoms with Crippen LogP contribution in [0.1, 0.15) is 5.56 Å². The predicted molar refractivity (Wildman–Crippen MR) is 100 cm³/mol. The smallest absolute Gasteiger partial charge is 0.219 e. The molecule has 2 aromatic carbocycles. The summed E-state index contributed by atoms with van der Waals surface area (Å²) in [5.41, 5.74) is 2.34. The maximum Gasteiger partial charge on any atom is 0.219 e. The molecule has 0 saturated carbocycles. The molecular weight excluding hydrogens is 367 g/mol. The molecule has 1 N–H and O–H groups in total. The number of para-hydroxylation sites is 1. The maximum atomic E-state index is 6.15. The van der Waals surface area contributed by atoms with Crippen molar-refractivity contribution in [2.45, 2.75) is 6.92 Å². The van der Waals surface area contributed by atoms with Crippen molar-refractivity contribution in [1.29, 1.82) is 0 Å². The molecule has 24 heavy (non-hydrogen) atoms. The van der Waals surface area contributed by atoms with Crippen molar-refractivity contribution in [3.63, 3.8) is 0 Å². The van der Waals surface area contributed by atoms with Gasteiger partial charge in [-0.15, -0.1) is 0 Å². The van der Waals surface area contributed by atoms with Crippen LogP contribution in [0.15, 0.2) is 54.7 Å². The van der Waals surface area contributed by atoms with E-state index in [1.807, 2.05) is 25.1 Å². The minimum Gasteiger partial charge on any atom is -0.439 e. The Morgan fingerprint density at radius 3 is 2.33 bits per heavy atom. The average Bonchev–Trinajstić information content (AvgIpc) is 2.55. The van der Waals surface area contributed by atoms with Crippen molar-refractivity contribution in [2.75, 3.05) is 5.32 Å². The molecule has 0 aliphatic heterocycles. The Balaban J connectivity index is 1.76. The van der Waals surface area contributed by atoms with Crippen LogP contribution >= 0.6 is 34.8 Å². The van der Waals surface area contributed by atoms with Gasteiger partial charge in [-0.3, -0.25) is 0 Å². The largest absolute Gasteiger partial charge is 0.439 e. The number of aryl methyl sites for hydroxylation is 1. The summed E-state index contributed by atoms with van der Waals surface area (Å²) in [5.74, 6) is 1.19. The number of nitrogens with zero attached hydrogens (tertiary/aromatic N) is 1. The van der Waals surface area contributed by atoms with Crippen molar-refractivity contribution in [3.8, 4) is 11.6 Å². The normalized spacial score (nSPS) is 10.5. The van der Waals surface area contributed by atoms with Crippen LogP contribution in [-0.4, -0.2) is 4.98 Å². The quantitative estimate of drug-likeness (QED) is 0.536. The number of hydrogen-bond acceptors (Lipinski definition) is 3. The Kier molecular flexibility index (Phi) is 5.14. The van der Waals surface area contributed by atoms with Gasteiger partial charge in [0, 0.05) is 11.1 Å². The molecule has 1 aromatic heterocycles. The summed E-state index contributed by atoms with van der Waals surface area (Å²) in [6.45, 7) is 1.93. The summed E-state index contributed by atoms with van der Waals surface area (Å²) in [4.78, 5) is 4.29. The summed E-state index contributed by atoms with van der Waals surface area (Å²) < 4.78 is 5.77. The van der Waals surface area contributed by atoms with Gasteiger partial charge in [-0.25, -0.2) is 4.98 Å². The summed E-state index contributed by atoms with van der Waals surface area (Å²) in [5, 5.41) is 4.90. The molecule has 3 aromatic rings. The highest BCUT2D eigenvalue weighted by Crippen LogP contribution is 2.33. The zero-order valence-electron chi connectivity index (χ0n) is 12.7. The lowest BCUT2D eigenvalue weighted by Gasteiger charge is -2.11. The van der Waals surface area contributed by atoms with Gasteiger partial charge in [0.2, 0.25) is 5.88 Å². The molecule has 1 heterocycles. The molecular formula is C18H13Cl3N2O. The number of rotatable bonds is 4. The van der Waals surface area contributed by atoms with E-state index in [-0.39, 0.29) is 0 Å². The van der Waals surface area contributed by atoms with Gasteiger partial charge in [0.15, 0.2) is 0 Å². The summed E-state index contributed by atoms with van der Waals surface area (Å²) in [6.07, 6.45) is 1.65. The van der Waals surface area contributed by atoms with E-state index in [0.29, 0.717) is 32.4 Å². The lowest BCUT2D eigenvalue weighted by molar-refractivity contribution is 0.459. The van der Waals surface area contributed by atoms with Gasteiger partial charge in [0.1, 0.15) is 5.75 Å². The molecule has 3 rings (SSSR count). The molecule has 0 amide bonds. The molecule has 0 radical (unpaired) electrons. The second kappa shape index (κ2) is 7.31. The zero-order valence-corrected chi connectivity index (χ0v) is 15.0. The Hall–Kier alpha value is -1.94. The first kappa shape index (κ1) is 16.9. The summed E-state index contributed by atoms with van der Waals surface area (Å²) >= 11 is 18.2. The van der Waals surface area contributed by atoms with E-state index in [0.717, 1.165) is 11.3 Å². The SMILES string of the molecule is Cc1cc(Cl)ccc1Oc1ccc(Nc2c(Cl)cccc2Cl)cn1. The highest BCUT2D eigenvalue weighted by Gasteiger charge is 2.07. The molecule has 0 bridgehead atoms. The molecule has 0 spiro atoms. The topological polar surface area (TPSA) is 34.1 Å². The number of aromatic nitrogens is 1. The first-order valence-corrected chi connectivity index (χ1v) is 8.27. The lowest BCUT2D eigenvalue weighted by atomic mass is 10.2. The number of hydrogen-bond donors (Lipinski definition) is 1. The van der Waals surface area contributed by atoms with Crippen molar-refractivity contribution in [2.24, 2.45) is 0 Å². The van der Waals surface area contributed by atoms with E-state index in [4.69, 9.17) is 39.5 Å². The number of nitrogens with one attached hydrogen (secondary N) is 1. The third-order valence-electron chi connectivity index (χ3n) is 3.32. The fourth-order valence-corrected chi connectivity index (χ4v) is 2.83. The molecule has 0 aliphatic carbocycles. The monoisotopic (exact) mass is 378 g/mol. The first-order chi connectivity index (χ1) is 11.5. The van der Waals surface area contributed by atoms with E-state index >= 15 is 0 Å². The maximum absolute atomic E-state index is 6.15. The number of pyridine rings is 1. The predicted octanol–water partition coefficient (Wildman–Crippen LogP) is 6.89. The number of halogens is 3. The molecule has 122 valence electrons. The molecule has 3 nitrogen and oxygen atoms in total. The fourth-order valence-electron chi connectivity index (χ4n) is 2.12. The fraction of sp³-hybridized carbons (Fsp3) is 0.0556. The molecule has 0 atom stereocenters. The van der Waals surface area contributed by atoms with Gasteiger partial charge in [-0.1, -0.05) is 40.9 Å². The van der Waals surface area contributed by atoms with E-state index < -0.39 is 0 Å². The van der Waals surface area contributed by atoms with Crippen LogP contribution in [0, 0.1) is 6.92 Å². The van der Waals surface area contributed by atoms with Crippen LogP contribution in [0.5, 0.6) is 11.6 Å². The van der Waals surface area contributed by atoms with Gasteiger partial charge < -0.3 is 10.1 Å². The van der Waals surface area contributed by atoms with Gasteiger partial charge in [-0.05, 0) is 48.9 Å². The molecule has 0 saturated heterocycles. The second-order valence-electron chi connectivity index (χ2n) is 5.12. The molecule has 0 unspecified atom stereocenters. The van der Waals surface area contributed by atoms with E-state index in [1.165, 1.54) is 0 Å². The van der Waals surface area contributed by atoms with Gasteiger partial charge in [-0.2, -0.15) is 0 Å². The molecule has 0 fully saturated rings. The Morgan fingerprint density at radius 2 is 1.71 bits per heavy atom. The third-order valence-corrected chi connectivity index (χ3v) is 4.18. The van der Waals surface area contributed by atoms with Crippen molar-refractivity contribution in [1.82, 2.24) is 4.98 Å². The molecule has 6 heteroatoms. The van der Waals surface area contributed by atoms with Crippen molar-refractivity contribution < 1.29 is 4.74 Å². The van der Waals surface area contributed by atoms with E-state index in [2.05, 4.69) is 10.3 Å². The zero-order chi connectivity index (χ0) is 17.1. The van der Waals surface area contributed by atoms with Crippen LogP contribution in [-0.2, 0) is 0 Å². The lowest BCUT2D eigenvalue weighted by Crippen LogP contribution is -1.95. The van der Waals surface area contributed by atoms with Gasteiger partial charge in [0.05, 0.1) is 27.6 Å². The van der Waals surface area contributed by atoms with Crippen molar-refractivity contribution >= 4 is 46.2 Å². The average molecular weight is 380 g/mol. The summed E-state index contributed by atoms with van der Waals surface area (Å²) in [6, 6.07) is 14.4. The third kappa shape index (κ3) is 3.93.